The second kappa shape index (κ2) is 10.3. The summed E-state index contributed by atoms with van der Waals surface area (Å²) in [6, 6.07) is 18.3. The van der Waals surface area contributed by atoms with Gasteiger partial charge in [-0.15, -0.1) is 0 Å². The fraction of sp³-hybridized carbons (Fsp3) is 0.517. The predicted molar refractivity (Wildman–Crippen MR) is 137 cm³/mol. The van der Waals surface area contributed by atoms with E-state index in [-0.39, 0.29) is 18.0 Å². The largest absolute Gasteiger partial charge is 0.497 e. The minimum absolute atomic E-state index is 0.0727. The third-order valence-corrected chi connectivity index (χ3v) is 8.35. The van der Waals surface area contributed by atoms with Crippen molar-refractivity contribution < 1.29 is 19.4 Å². The van der Waals surface area contributed by atoms with Crippen LogP contribution in [0.2, 0.25) is 0 Å². The Morgan fingerprint density at radius 3 is 2.29 bits per heavy atom. The number of hydrogen-bond donors (Lipinski definition) is 1. The summed E-state index contributed by atoms with van der Waals surface area (Å²) in [7, 11) is 1.63. The molecular formula is C29H38N2O4. The molecule has 6 heteroatoms. The predicted octanol–water partition coefficient (Wildman–Crippen LogP) is 5.70. The molecule has 1 saturated heterocycles. The van der Waals surface area contributed by atoms with E-state index in [1.54, 1.807) is 12.0 Å². The zero-order chi connectivity index (χ0) is 25.1. The second-order valence-electron chi connectivity index (χ2n) is 10.6. The van der Waals surface area contributed by atoms with Gasteiger partial charge in [-0.05, 0) is 66.7 Å². The van der Waals surface area contributed by atoms with Gasteiger partial charge >= 0.3 is 12.0 Å². The molecule has 1 N–H and O–H groups in total. The molecule has 1 aliphatic heterocycles. The van der Waals surface area contributed by atoms with Crippen molar-refractivity contribution in [1.82, 2.24) is 9.80 Å². The number of benzene rings is 2. The van der Waals surface area contributed by atoms with E-state index in [1.165, 1.54) is 5.56 Å². The van der Waals surface area contributed by atoms with Gasteiger partial charge in [-0.3, -0.25) is 4.79 Å². The van der Waals surface area contributed by atoms with Crippen molar-refractivity contribution in [3.63, 3.8) is 0 Å². The highest BCUT2D eigenvalue weighted by atomic mass is 16.5. The van der Waals surface area contributed by atoms with Crippen LogP contribution in [0.3, 0.4) is 0 Å². The molecule has 188 valence electrons. The summed E-state index contributed by atoms with van der Waals surface area (Å²) >= 11 is 0. The maximum Gasteiger partial charge on any atom is 0.323 e. The Morgan fingerprint density at radius 1 is 1.06 bits per heavy atom. The first-order valence-electron chi connectivity index (χ1n) is 12.8. The number of aliphatic carboxylic acids is 1. The van der Waals surface area contributed by atoms with Crippen molar-refractivity contribution in [2.75, 3.05) is 20.2 Å². The highest BCUT2D eigenvalue weighted by Gasteiger charge is 2.54. The molecule has 4 rings (SSSR count). The molecule has 2 amide bonds. The minimum atomic E-state index is -0.955. The number of carbonyl (C=O) groups is 2. The number of amides is 2. The van der Waals surface area contributed by atoms with Crippen molar-refractivity contribution in [2.24, 2.45) is 5.92 Å². The number of urea groups is 1. The van der Waals surface area contributed by atoms with Crippen molar-refractivity contribution >= 4 is 12.0 Å². The SMILES string of the molecule is CCC(C)CC1(c2ccccc2)CCC2(CC1)CN(Cc1ccc(OC)cc1)C(=O)N2CC(=O)O. The van der Waals surface area contributed by atoms with Crippen molar-refractivity contribution in [1.29, 1.82) is 0 Å². The van der Waals surface area contributed by atoms with E-state index in [9.17, 15) is 14.7 Å². The quantitative estimate of drug-likeness (QED) is 0.502. The zero-order valence-electron chi connectivity index (χ0n) is 21.2. The van der Waals surface area contributed by atoms with Crippen molar-refractivity contribution in [2.45, 2.75) is 69.9 Å². The molecule has 1 unspecified atom stereocenters. The molecule has 35 heavy (non-hydrogen) atoms. The first-order valence-corrected chi connectivity index (χ1v) is 12.8. The lowest BCUT2D eigenvalue weighted by atomic mass is 9.60. The Hall–Kier alpha value is -3.02. The van der Waals surface area contributed by atoms with Crippen LogP contribution >= 0.6 is 0 Å². The maximum atomic E-state index is 13.5. The van der Waals surface area contributed by atoms with E-state index in [0.717, 1.165) is 49.8 Å². The molecule has 2 fully saturated rings. The summed E-state index contributed by atoms with van der Waals surface area (Å²) in [5, 5.41) is 9.64. The van der Waals surface area contributed by atoms with Gasteiger partial charge in [0.05, 0.1) is 12.6 Å². The van der Waals surface area contributed by atoms with E-state index in [4.69, 9.17) is 4.74 Å². The van der Waals surface area contributed by atoms with Gasteiger partial charge in [-0.25, -0.2) is 4.79 Å². The number of carboxylic acid groups (broad SMARTS) is 1. The van der Waals surface area contributed by atoms with Gasteiger partial charge in [-0.2, -0.15) is 0 Å². The topological polar surface area (TPSA) is 70.1 Å². The van der Waals surface area contributed by atoms with Gasteiger partial charge in [0.1, 0.15) is 12.3 Å². The van der Waals surface area contributed by atoms with Crippen LogP contribution in [0, 0.1) is 5.92 Å². The Bertz CT molecular complexity index is 1010. The molecule has 2 aromatic rings. The van der Waals surface area contributed by atoms with Crippen LogP contribution in [0.1, 0.15) is 63.5 Å². The monoisotopic (exact) mass is 478 g/mol. The first kappa shape index (κ1) is 25.1. The summed E-state index contributed by atoms with van der Waals surface area (Å²) in [6.07, 6.45) is 5.81. The summed E-state index contributed by atoms with van der Waals surface area (Å²) in [5.74, 6) is 0.427. The number of rotatable bonds is 9. The molecule has 1 spiro atoms. The first-order chi connectivity index (χ1) is 16.8. The van der Waals surface area contributed by atoms with E-state index >= 15 is 0 Å². The van der Waals surface area contributed by atoms with Crippen LogP contribution in [0.15, 0.2) is 54.6 Å². The van der Waals surface area contributed by atoms with Crippen LogP contribution in [0.5, 0.6) is 5.75 Å². The second-order valence-corrected chi connectivity index (χ2v) is 10.6. The van der Waals surface area contributed by atoms with Gasteiger partial charge in [0, 0.05) is 13.1 Å². The van der Waals surface area contributed by atoms with Crippen molar-refractivity contribution in [3.8, 4) is 5.75 Å². The highest BCUT2D eigenvalue weighted by Crippen LogP contribution is 2.51. The minimum Gasteiger partial charge on any atom is -0.497 e. The van der Waals surface area contributed by atoms with Gasteiger partial charge in [-0.1, -0.05) is 62.7 Å². The molecule has 1 atom stereocenters. The lowest BCUT2D eigenvalue weighted by Crippen LogP contribution is -2.53. The fourth-order valence-electron chi connectivity index (χ4n) is 6.16. The van der Waals surface area contributed by atoms with Crippen LogP contribution in [-0.2, 0) is 16.8 Å². The van der Waals surface area contributed by atoms with E-state index < -0.39 is 11.5 Å². The van der Waals surface area contributed by atoms with E-state index in [2.05, 4.69) is 44.2 Å². The standard InChI is InChI=1S/C29H38N2O4/c1-4-22(2)18-28(24-8-6-5-7-9-24)14-16-29(17-15-28)21-30(27(34)31(29)20-26(32)33)19-23-10-12-25(35-3)13-11-23/h5-13,22H,4,14-21H2,1-3H3,(H,32,33). The molecule has 2 aromatic carbocycles. The lowest BCUT2D eigenvalue weighted by Gasteiger charge is -2.48. The molecule has 1 aliphatic carbocycles. The summed E-state index contributed by atoms with van der Waals surface area (Å²) < 4.78 is 5.25. The fourth-order valence-corrected chi connectivity index (χ4v) is 6.16. The summed E-state index contributed by atoms with van der Waals surface area (Å²) in [6.45, 7) is 5.36. The molecular weight excluding hydrogens is 440 g/mol. The number of methoxy groups -OCH3 is 1. The molecule has 0 radical (unpaired) electrons. The third kappa shape index (κ3) is 5.16. The summed E-state index contributed by atoms with van der Waals surface area (Å²) in [4.78, 5) is 28.7. The van der Waals surface area contributed by atoms with Gasteiger partial charge < -0.3 is 19.6 Å². The number of hydrogen-bond acceptors (Lipinski definition) is 3. The molecule has 0 bridgehead atoms. The molecule has 6 nitrogen and oxygen atoms in total. The Labute approximate surface area is 208 Å². The van der Waals surface area contributed by atoms with E-state index in [1.807, 2.05) is 29.2 Å². The van der Waals surface area contributed by atoms with Crippen LogP contribution in [0.4, 0.5) is 4.79 Å². The maximum absolute atomic E-state index is 13.5. The average Bonchev–Trinajstić information content (AvgIpc) is 3.11. The smallest absolute Gasteiger partial charge is 0.323 e. The lowest BCUT2D eigenvalue weighted by molar-refractivity contribution is -0.138. The Morgan fingerprint density at radius 2 is 1.71 bits per heavy atom. The van der Waals surface area contributed by atoms with Crippen LogP contribution < -0.4 is 4.74 Å². The third-order valence-electron chi connectivity index (χ3n) is 8.35. The average molecular weight is 479 g/mol. The van der Waals surface area contributed by atoms with Crippen LogP contribution in [-0.4, -0.2) is 52.6 Å². The van der Waals surface area contributed by atoms with Gasteiger partial charge in [0.15, 0.2) is 0 Å². The number of nitrogens with zero attached hydrogens (tertiary/aromatic N) is 2. The molecule has 0 aromatic heterocycles. The molecule has 1 saturated carbocycles. The van der Waals surface area contributed by atoms with Crippen molar-refractivity contribution in [3.05, 3.63) is 65.7 Å². The van der Waals surface area contributed by atoms with E-state index in [0.29, 0.717) is 19.0 Å². The van der Waals surface area contributed by atoms with Crippen LogP contribution in [0.25, 0.3) is 0 Å². The number of ether oxygens (including phenoxy) is 1. The zero-order valence-corrected chi connectivity index (χ0v) is 21.2. The Balaban J connectivity index is 1.58. The van der Waals surface area contributed by atoms with Gasteiger partial charge in [0.2, 0.25) is 0 Å². The highest BCUT2D eigenvalue weighted by molar-refractivity contribution is 5.83. The number of carbonyl (C=O) groups excluding carboxylic acids is 1. The van der Waals surface area contributed by atoms with Gasteiger partial charge in [0.25, 0.3) is 0 Å². The Kier molecular flexibility index (Phi) is 7.39. The molecule has 2 aliphatic rings. The summed E-state index contributed by atoms with van der Waals surface area (Å²) in [5.41, 5.74) is 2.02. The molecule has 1 heterocycles. The number of carboxylic acids is 1. The normalized spacial score (nSPS) is 25.2.